The van der Waals surface area contributed by atoms with E-state index < -0.39 is 0 Å². The van der Waals surface area contributed by atoms with Crippen LogP contribution in [-0.2, 0) is 5.75 Å². The summed E-state index contributed by atoms with van der Waals surface area (Å²) >= 11 is 1.37. The molecule has 1 aromatic rings. The first-order chi connectivity index (χ1) is 7.24. The number of thioether (sulfide) groups is 1. The van der Waals surface area contributed by atoms with Gasteiger partial charge in [0.2, 0.25) is 0 Å². The largest absolute Gasteiger partial charge is 0.331 e. The Labute approximate surface area is 95.1 Å². The fourth-order valence-electron chi connectivity index (χ4n) is 0.777. The zero-order valence-corrected chi connectivity index (χ0v) is 9.68. The molecular weight excluding hydrogens is 206 g/mol. The topological polar surface area (TPSA) is 73.7 Å². The van der Waals surface area contributed by atoms with E-state index in [9.17, 15) is 0 Å². The fraction of sp³-hybridized carbons (Fsp3) is 0.273. The number of nitrogens with two attached hydrogens (primary N) is 1. The minimum Gasteiger partial charge on any atom is -0.331 e. The summed E-state index contributed by atoms with van der Waals surface area (Å²) in [6.07, 6.45) is 1.06. The van der Waals surface area contributed by atoms with Gasteiger partial charge in [-0.3, -0.25) is 5.41 Å². The molecule has 4 N–H and O–H groups in total. The Hall–Kier alpha value is -1.13. The Morgan fingerprint density at radius 2 is 1.93 bits per heavy atom. The predicted octanol–water partition coefficient (Wildman–Crippen LogP) is 2.51. The van der Waals surface area contributed by atoms with E-state index in [4.69, 9.17) is 16.6 Å². The third-order valence-corrected chi connectivity index (χ3v) is 2.27. The summed E-state index contributed by atoms with van der Waals surface area (Å²) in [5, 5.41) is 14.3. The molecule has 0 saturated heterocycles. The number of hydrogen-bond acceptors (Lipinski definition) is 4. The van der Waals surface area contributed by atoms with Gasteiger partial charge in [-0.2, -0.15) is 0 Å². The number of rotatable bonds is 3. The van der Waals surface area contributed by atoms with E-state index in [0.29, 0.717) is 5.04 Å². The molecule has 0 spiro atoms. The summed E-state index contributed by atoms with van der Waals surface area (Å²) in [7, 11) is 0. The summed E-state index contributed by atoms with van der Waals surface area (Å²) < 4.78 is 0. The lowest BCUT2D eigenvalue weighted by Crippen LogP contribution is -1.90. The van der Waals surface area contributed by atoms with E-state index >= 15 is 0 Å². The van der Waals surface area contributed by atoms with Crippen LogP contribution < -0.4 is 5.73 Å². The monoisotopic (exact) mass is 223 g/mol. The van der Waals surface area contributed by atoms with Gasteiger partial charge < -0.3 is 11.1 Å². The van der Waals surface area contributed by atoms with Crippen LogP contribution in [0.15, 0.2) is 30.3 Å². The third kappa shape index (κ3) is 7.90. The maximum Gasteiger partial charge on any atom is 0.105 e. The van der Waals surface area contributed by atoms with E-state index in [-0.39, 0.29) is 0 Å². The lowest BCUT2D eigenvalue weighted by molar-refractivity contribution is 1.14. The highest BCUT2D eigenvalue weighted by atomic mass is 32.2. The van der Waals surface area contributed by atoms with Crippen LogP contribution in [0.25, 0.3) is 0 Å². The van der Waals surface area contributed by atoms with E-state index in [1.165, 1.54) is 17.3 Å². The zero-order chi connectivity index (χ0) is 11.5. The maximum atomic E-state index is 7.21. The minimum atomic E-state index is 0.304. The summed E-state index contributed by atoms with van der Waals surface area (Å²) in [4.78, 5) is 0. The van der Waals surface area contributed by atoms with E-state index in [0.717, 1.165) is 18.5 Å². The molecule has 1 rings (SSSR count). The zero-order valence-electron chi connectivity index (χ0n) is 8.86. The Bertz CT molecular complexity index is 285. The Kier molecular flexibility index (Phi) is 8.72. The molecule has 0 heterocycles. The Balaban J connectivity index is 0.000000583. The average molecular weight is 223 g/mol. The van der Waals surface area contributed by atoms with Gasteiger partial charge in [0.25, 0.3) is 0 Å². The molecule has 0 bridgehead atoms. The quantitative estimate of drug-likeness (QED) is 0.544. The van der Waals surface area contributed by atoms with Gasteiger partial charge in [-0.05, 0) is 12.1 Å². The van der Waals surface area contributed by atoms with Crippen LogP contribution in [-0.4, -0.2) is 17.8 Å². The Morgan fingerprint density at radius 1 is 1.40 bits per heavy atom. The minimum absolute atomic E-state index is 0.304. The molecule has 0 aliphatic heterocycles. The second-order valence-corrected chi connectivity index (χ2v) is 3.71. The van der Waals surface area contributed by atoms with Gasteiger partial charge in [0.15, 0.2) is 0 Å². The number of hydrogen-bond donors (Lipinski definition) is 3. The summed E-state index contributed by atoms with van der Waals surface area (Å²) in [5.41, 5.74) is 6.04. The fourth-order valence-corrected chi connectivity index (χ4v) is 1.37. The number of nitrogens with one attached hydrogen (secondary N) is 2. The van der Waals surface area contributed by atoms with Gasteiger partial charge in [-0.25, -0.2) is 0 Å². The smallest absolute Gasteiger partial charge is 0.105 e. The van der Waals surface area contributed by atoms with E-state index in [1.807, 2.05) is 37.3 Å². The summed E-state index contributed by atoms with van der Waals surface area (Å²) in [5.74, 6) is 0.773. The van der Waals surface area contributed by atoms with Crippen LogP contribution in [0.3, 0.4) is 0 Å². The molecular formula is C11H17N3S. The summed E-state index contributed by atoms with van der Waals surface area (Å²) in [6, 6.07) is 9.96. The second kappa shape index (κ2) is 9.43. The first kappa shape index (κ1) is 13.9. The van der Waals surface area contributed by atoms with E-state index in [1.54, 1.807) is 0 Å². The van der Waals surface area contributed by atoms with Crippen molar-refractivity contribution in [2.45, 2.75) is 12.7 Å². The van der Waals surface area contributed by atoms with Gasteiger partial charge >= 0.3 is 0 Å². The third-order valence-electron chi connectivity index (χ3n) is 1.37. The van der Waals surface area contributed by atoms with Gasteiger partial charge in [0.05, 0.1) is 0 Å². The van der Waals surface area contributed by atoms with Crippen molar-refractivity contribution in [2.75, 3.05) is 6.54 Å². The van der Waals surface area contributed by atoms with Crippen LogP contribution in [0.2, 0.25) is 0 Å². The molecule has 0 unspecified atom stereocenters. The van der Waals surface area contributed by atoms with Gasteiger partial charge in [-0.1, -0.05) is 37.3 Å². The van der Waals surface area contributed by atoms with Crippen LogP contribution in [0, 0.1) is 10.8 Å². The van der Waals surface area contributed by atoms with Crippen LogP contribution >= 0.6 is 11.8 Å². The van der Waals surface area contributed by atoms with Gasteiger partial charge in [0, 0.05) is 12.0 Å². The normalized spacial score (nSPS) is 8.67. The highest BCUT2D eigenvalue weighted by molar-refractivity contribution is 8.14. The van der Waals surface area contributed by atoms with Crippen molar-refractivity contribution in [3.63, 3.8) is 0 Å². The Morgan fingerprint density at radius 3 is 2.40 bits per heavy atom. The van der Waals surface area contributed by atoms with Crippen molar-refractivity contribution in [2.24, 2.45) is 5.73 Å². The molecule has 0 aliphatic rings. The molecule has 0 fully saturated rings. The molecule has 0 saturated carbocycles. The van der Waals surface area contributed by atoms with Crippen molar-refractivity contribution in [3.8, 4) is 0 Å². The SMILES string of the molecule is CCN.N=CC(=N)SCc1ccccc1. The molecule has 0 aromatic heterocycles. The van der Waals surface area contributed by atoms with Crippen molar-refractivity contribution in [3.05, 3.63) is 35.9 Å². The van der Waals surface area contributed by atoms with Crippen LogP contribution in [0.4, 0.5) is 0 Å². The highest BCUT2D eigenvalue weighted by Gasteiger charge is 1.94. The molecule has 15 heavy (non-hydrogen) atoms. The molecule has 0 amide bonds. The average Bonchev–Trinajstić information content (AvgIpc) is 2.28. The molecule has 0 atom stereocenters. The van der Waals surface area contributed by atoms with Crippen LogP contribution in [0.1, 0.15) is 12.5 Å². The number of benzene rings is 1. The molecule has 0 aliphatic carbocycles. The van der Waals surface area contributed by atoms with Crippen LogP contribution in [0.5, 0.6) is 0 Å². The summed E-state index contributed by atoms with van der Waals surface area (Å²) in [6.45, 7) is 2.65. The second-order valence-electron chi connectivity index (χ2n) is 2.69. The standard InChI is InChI=1S/C9H10N2S.C2H7N/c10-6-9(11)12-7-8-4-2-1-3-5-8;1-2-3/h1-6,10-11H,7H2;2-3H2,1H3. The van der Waals surface area contributed by atoms with E-state index in [2.05, 4.69) is 0 Å². The molecule has 4 heteroatoms. The van der Waals surface area contributed by atoms with Crippen molar-refractivity contribution < 1.29 is 0 Å². The highest BCUT2D eigenvalue weighted by Crippen LogP contribution is 2.11. The lowest BCUT2D eigenvalue weighted by Gasteiger charge is -1.97. The van der Waals surface area contributed by atoms with Gasteiger partial charge in [0.1, 0.15) is 5.04 Å². The first-order valence-corrected chi connectivity index (χ1v) is 5.69. The predicted molar refractivity (Wildman–Crippen MR) is 69.0 cm³/mol. The van der Waals surface area contributed by atoms with Gasteiger partial charge in [-0.15, -0.1) is 11.8 Å². The molecule has 0 radical (unpaired) electrons. The van der Waals surface area contributed by atoms with Crippen molar-refractivity contribution in [1.82, 2.24) is 0 Å². The van der Waals surface area contributed by atoms with Crippen molar-refractivity contribution >= 4 is 23.0 Å². The molecule has 1 aromatic carbocycles. The van der Waals surface area contributed by atoms with Crippen molar-refractivity contribution in [1.29, 1.82) is 10.8 Å². The molecule has 3 nitrogen and oxygen atoms in total. The molecule has 82 valence electrons. The first-order valence-electron chi connectivity index (χ1n) is 4.70. The lowest BCUT2D eigenvalue weighted by atomic mass is 10.2. The maximum absolute atomic E-state index is 7.21.